The number of anilines is 1. The molecule has 0 unspecified atom stereocenters. The maximum atomic E-state index is 9.10. The largest absolute Gasteiger partial charge is 0.392 e. The standard InChI is InChI=1S/C14H17NOS/c1-11-4-5-12(10-16)9-14(11)15-7-6-13-3-2-8-17-13/h2-5,8-9,15-16H,6-7,10H2,1H3. The predicted octanol–water partition coefficient (Wildman–Crippen LogP) is 3.20. The van der Waals surface area contributed by atoms with Gasteiger partial charge >= 0.3 is 0 Å². The highest BCUT2D eigenvalue weighted by Crippen LogP contribution is 2.17. The SMILES string of the molecule is Cc1ccc(CO)cc1NCCc1cccs1. The van der Waals surface area contributed by atoms with E-state index >= 15 is 0 Å². The van der Waals surface area contributed by atoms with E-state index in [9.17, 15) is 0 Å². The van der Waals surface area contributed by atoms with Gasteiger partial charge in [-0.05, 0) is 42.0 Å². The van der Waals surface area contributed by atoms with Gasteiger partial charge in [-0.15, -0.1) is 11.3 Å². The van der Waals surface area contributed by atoms with Gasteiger partial charge in [0, 0.05) is 17.1 Å². The second-order valence-corrected chi connectivity index (χ2v) is 5.10. The van der Waals surface area contributed by atoms with E-state index in [0.717, 1.165) is 24.2 Å². The van der Waals surface area contributed by atoms with Crippen LogP contribution in [0.3, 0.4) is 0 Å². The van der Waals surface area contributed by atoms with E-state index in [-0.39, 0.29) is 6.61 Å². The quantitative estimate of drug-likeness (QED) is 0.850. The Morgan fingerprint density at radius 1 is 1.29 bits per heavy atom. The first-order chi connectivity index (χ1) is 8.29. The van der Waals surface area contributed by atoms with Gasteiger partial charge in [0.05, 0.1) is 6.61 Å². The fraction of sp³-hybridized carbons (Fsp3) is 0.286. The first-order valence-electron chi connectivity index (χ1n) is 5.76. The molecule has 0 fully saturated rings. The number of nitrogens with one attached hydrogen (secondary N) is 1. The Morgan fingerprint density at radius 2 is 2.18 bits per heavy atom. The van der Waals surface area contributed by atoms with Crippen LogP contribution in [0.2, 0.25) is 0 Å². The zero-order valence-electron chi connectivity index (χ0n) is 9.94. The number of benzene rings is 1. The zero-order chi connectivity index (χ0) is 12.1. The van der Waals surface area contributed by atoms with Crippen LogP contribution in [0.5, 0.6) is 0 Å². The van der Waals surface area contributed by atoms with Crippen molar-refractivity contribution in [3.63, 3.8) is 0 Å². The molecule has 0 saturated carbocycles. The first kappa shape index (κ1) is 12.1. The second-order valence-electron chi connectivity index (χ2n) is 4.06. The summed E-state index contributed by atoms with van der Waals surface area (Å²) in [7, 11) is 0. The van der Waals surface area contributed by atoms with Crippen LogP contribution in [0.25, 0.3) is 0 Å². The molecule has 0 saturated heterocycles. The molecule has 2 nitrogen and oxygen atoms in total. The van der Waals surface area contributed by atoms with Gasteiger partial charge < -0.3 is 10.4 Å². The highest BCUT2D eigenvalue weighted by molar-refractivity contribution is 7.09. The van der Waals surface area contributed by atoms with Crippen molar-refractivity contribution in [2.24, 2.45) is 0 Å². The minimum atomic E-state index is 0.0971. The van der Waals surface area contributed by atoms with Gasteiger partial charge in [-0.25, -0.2) is 0 Å². The van der Waals surface area contributed by atoms with Gasteiger partial charge in [-0.2, -0.15) is 0 Å². The van der Waals surface area contributed by atoms with E-state index in [1.165, 1.54) is 10.4 Å². The topological polar surface area (TPSA) is 32.3 Å². The molecule has 0 aliphatic rings. The summed E-state index contributed by atoms with van der Waals surface area (Å²) < 4.78 is 0. The fourth-order valence-electron chi connectivity index (χ4n) is 1.73. The summed E-state index contributed by atoms with van der Waals surface area (Å²) in [5.41, 5.74) is 3.29. The Kier molecular flexibility index (Phi) is 4.18. The van der Waals surface area contributed by atoms with Crippen molar-refractivity contribution in [3.05, 3.63) is 51.7 Å². The molecule has 2 rings (SSSR count). The number of aliphatic hydroxyl groups is 1. The summed E-state index contributed by atoms with van der Waals surface area (Å²) in [5.74, 6) is 0. The lowest BCUT2D eigenvalue weighted by molar-refractivity contribution is 0.282. The summed E-state index contributed by atoms with van der Waals surface area (Å²) in [6, 6.07) is 10.3. The summed E-state index contributed by atoms with van der Waals surface area (Å²) >= 11 is 1.79. The molecule has 0 amide bonds. The van der Waals surface area contributed by atoms with Crippen molar-refractivity contribution in [2.75, 3.05) is 11.9 Å². The second kappa shape index (κ2) is 5.84. The van der Waals surface area contributed by atoms with E-state index < -0.39 is 0 Å². The van der Waals surface area contributed by atoms with Crippen LogP contribution in [0.15, 0.2) is 35.7 Å². The van der Waals surface area contributed by atoms with E-state index in [0.29, 0.717) is 0 Å². The van der Waals surface area contributed by atoms with Crippen LogP contribution < -0.4 is 5.32 Å². The van der Waals surface area contributed by atoms with Crippen LogP contribution >= 0.6 is 11.3 Å². The van der Waals surface area contributed by atoms with Gasteiger partial charge in [-0.1, -0.05) is 18.2 Å². The van der Waals surface area contributed by atoms with E-state index in [1.807, 2.05) is 18.2 Å². The molecule has 1 heterocycles. The lowest BCUT2D eigenvalue weighted by Crippen LogP contribution is -2.05. The van der Waals surface area contributed by atoms with Crippen LogP contribution in [0.4, 0.5) is 5.69 Å². The summed E-state index contributed by atoms with van der Waals surface area (Å²) in [6.45, 7) is 3.10. The van der Waals surface area contributed by atoms with Crippen molar-refractivity contribution >= 4 is 17.0 Å². The number of aliphatic hydroxyl groups excluding tert-OH is 1. The Hall–Kier alpha value is -1.32. The molecular formula is C14H17NOS. The molecule has 0 atom stereocenters. The highest BCUT2D eigenvalue weighted by atomic mass is 32.1. The Morgan fingerprint density at radius 3 is 2.88 bits per heavy atom. The first-order valence-corrected chi connectivity index (χ1v) is 6.64. The van der Waals surface area contributed by atoms with Gasteiger partial charge in [-0.3, -0.25) is 0 Å². The monoisotopic (exact) mass is 247 g/mol. The number of rotatable bonds is 5. The van der Waals surface area contributed by atoms with Gasteiger partial charge in [0.15, 0.2) is 0 Å². The van der Waals surface area contributed by atoms with Crippen molar-refractivity contribution in [3.8, 4) is 0 Å². The normalized spacial score (nSPS) is 10.5. The minimum Gasteiger partial charge on any atom is -0.392 e. The summed E-state index contributed by atoms with van der Waals surface area (Å²) in [4.78, 5) is 1.40. The fourth-order valence-corrected chi connectivity index (χ4v) is 2.44. The van der Waals surface area contributed by atoms with Gasteiger partial charge in [0.25, 0.3) is 0 Å². The molecule has 0 radical (unpaired) electrons. The van der Waals surface area contributed by atoms with Gasteiger partial charge in [0.2, 0.25) is 0 Å². The molecule has 2 aromatic rings. The molecule has 1 aromatic heterocycles. The zero-order valence-corrected chi connectivity index (χ0v) is 10.8. The Labute approximate surface area is 106 Å². The smallest absolute Gasteiger partial charge is 0.0682 e. The molecule has 0 spiro atoms. The summed E-state index contributed by atoms with van der Waals surface area (Å²) in [5, 5.41) is 14.6. The van der Waals surface area contributed by atoms with Crippen LogP contribution in [-0.2, 0) is 13.0 Å². The van der Waals surface area contributed by atoms with Crippen molar-refractivity contribution in [2.45, 2.75) is 20.0 Å². The van der Waals surface area contributed by atoms with E-state index in [4.69, 9.17) is 5.11 Å². The highest BCUT2D eigenvalue weighted by Gasteiger charge is 2.00. The molecular weight excluding hydrogens is 230 g/mol. The number of thiophene rings is 1. The lowest BCUT2D eigenvalue weighted by atomic mass is 10.1. The lowest BCUT2D eigenvalue weighted by Gasteiger charge is -2.10. The third kappa shape index (κ3) is 3.32. The predicted molar refractivity (Wildman–Crippen MR) is 73.6 cm³/mol. The molecule has 90 valence electrons. The number of aryl methyl sites for hydroxylation is 1. The van der Waals surface area contributed by atoms with Gasteiger partial charge in [0.1, 0.15) is 0 Å². The maximum Gasteiger partial charge on any atom is 0.0682 e. The third-order valence-corrected chi connectivity index (χ3v) is 3.69. The maximum absolute atomic E-state index is 9.10. The Balaban J connectivity index is 1.94. The molecule has 1 aromatic carbocycles. The number of hydrogen-bond donors (Lipinski definition) is 2. The molecule has 17 heavy (non-hydrogen) atoms. The molecule has 0 aliphatic heterocycles. The Bertz CT molecular complexity index is 465. The summed E-state index contributed by atoms with van der Waals surface area (Å²) in [6.07, 6.45) is 1.04. The minimum absolute atomic E-state index is 0.0971. The average Bonchev–Trinajstić information content (AvgIpc) is 2.84. The van der Waals surface area contributed by atoms with Crippen molar-refractivity contribution in [1.29, 1.82) is 0 Å². The van der Waals surface area contributed by atoms with Crippen LogP contribution in [-0.4, -0.2) is 11.7 Å². The van der Waals surface area contributed by atoms with Crippen LogP contribution in [0, 0.1) is 6.92 Å². The van der Waals surface area contributed by atoms with Crippen LogP contribution in [0.1, 0.15) is 16.0 Å². The number of hydrogen-bond acceptors (Lipinski definition) is 3. The molecule has 2 N–H and O–H groups in total. The average molecular weight is 247 g/mol. The molecule has 0 bridgehead atoms. The molecule has 0 aliphatic carbocycles. The van der Waals surface area contributed by atoms with Crippen molar-refractivity contribution < 1.29 is 5.11 Å². The molecule has 3 heteroatoms. The third-order valence-electron chi connectivity index (χ3n) is 2.75. The van der Waals surface area contributed by atoms with E-state index in [2.05, 4.69) is 29.8 Å². The van der Waals surface area contributed by atoms with Crippen molar-refractivity contribution in [1.82, 2.24) is 0 Å². The van der Waals surface area contributed by atoms with E-state index in [1.54, 1.807) is 11.3 Å².